The topological polar surface area (TPSA) is 63.6 Å². The van der Waals surface area contributed by atoms with E-state index in [2.05, 4.69) is 0 Å². The Balaban J connectivity index is 2.18. The molecule has 0 aliphatic rings. The molecule has 0 heterocycles. The highest BCUT2D eigenvalue weighted by Crippen LogP contribution is 2.30. The number of ether oxygens (including phenoxy) is 1. The van der Waals surface area contributed by atoms with Gasteiger partial charge in [-0.25, -0.2) is 8.42 Å². The van der Waals surface area contributed by atoms with Gasteiger partial charge in [0.15, 0.2) is 9.84 Å². The third-order valence-electron chi connectivity index (χ3n) is 3.50. The van der Waals surface area contributed by atoms with Gasteiger partial charge in [0, 0.05) is 10.6 Å². The summed E-state index contributed by atoms with van der Waals surface area (Å²) in [4.78, 5) is 0. The fourth-order valence-corrected chi connectivity index (χ4v) is 4.58. The van der Waals surface area contributed by atoms with Crippen LogP contribution in [0.3, 0.4) is 0 Å². The fraction of sp³-hybridized carbons (Fsp3) is 0.294. The van der Waals surface area contributed by atoms with E-state index >= 15 is 0 Å². The van der Waals surface area contributed by atoms with E-state index in [1.807, 2.05) is 0 Å². The van der Waals surface area contributed by atoms with Crippen LogP contribution in [0.2, 0.25) is 5.02 Å². The van der Waals surface area contributed by atoms with Crippen LogP contribution in [0.15, 0.2) is 48.5 Å². The van der Waals surface area contributed by atoms with Crippen molar-refractivity contribution in [2.45, 2.75) is 18.3 Å². The number of aliphatic hydroxyl groups is 1. The number of halogens is 1. The molecule has 2 rings (SSSR count). The van der Waals surface area contributed by atoms with Crippen molar-refractivity contribution in [2.75, 3.05) is 12.9 Å². The van der Waals surface area contributed by atoms with Crippen molar-refractivity contribution in [3.05, 3.63) is 64.7 Å². The summed E-state index contributed by atoms with van der Waals surface area (Å²) in [7, 11) is -1.98. The molecule has 1 N–H and O–H groups in total. The van der Waals surface area contributed by atoms with Crippen molar-refractivity contribution in [2.24, 2.45) is 0 Å². The van der Waals surface area contributed by atoms with Crippen LogP contribution in [-0.2, 0) is 21.2 Å². The first kappa shape index (κ1) is 17.8. The summed E-state index contributed by atoms with van der Waals surface area (Å²) in [5, 5.41) is 10.9. The zero-order chi connectivity index (χ0) is 17.1. The van der Waals surface area contributed by atoms with E-state index in [4.69, 9.17) is 16.3 Å². The molecular formula is C17H19ClO4S. The molecule has 0 bridgehead atoms. The largest absolute Gasteiger partial charge is 0.497 e. The highest BCUT2D eigenvalue weighted by molar-refractivity contribution is 7.90. The first-order chi connectivity index (χ1) is 10.7. The molecule has 23 heavy (non-hydrogen) atoms. The molecule has 2 aromatic carbocycles. The minimum atomic E-state index is -3.53. The summed E-state index contributed by atoms with van der Waals surface area (Å²) in [6, 6.07) is 13.5. The molecule has 0 unspecified atom stereocenters. The second-order valence-corrected chi connectivity index (χ2v) is 8.11. The molecule has 0 aromatic heterocycles. The van der Waals surface area contributed by atoms with Gasteiger partial charge in [-0.05, 0) is 30.7 Å². The number of benzene rings is 2. The van der Waals surface area contributed by atoms with E-state index in [9.17, 15) is 13.5 Å². The van der Waals surface area contributed by atoms with Gasteiger partial charge >= 0.3 is 0 Å². The van der Waals surface area contributed by atoms with E-state index in [1.54, 1.807) is 55.6 Å². The Hall–Kier alpha value is -1.56. The highest BCUT2D eigenvalue weighted by Gasteiger charge is 2.32. The lowest BCUT2D eigenvalue weighted by molar-refractivity contribution is 0.0820. The quantitative estimate of drug-likeness (QED) is 0.865. The first-order valence-corrected chi connectivity index (χ1v) is 9.24. The summed E-state index contributed by atoms with van der Waals surface area (Å²) in [6.07, 6.45) is 0. The van der Waals surface area contributed by atoms with Crippen LogP contribution in [0.25, 0.3) is 0 Å². The Morgan fingerprint density at radius 2 is 1.74 bits per heavy atom. The molecule has 0 amide bonds. The number of sulfone groups is 1. The molecule has 4 nitrogen and oxygen atoms in total. The Kier molecular flexibility index (Phi) is 5.34. The van der Waals surface area contributed by atoms with Crippen LogP contribution in [0.5, 0.6) is 5.75 Å². The molecule has 0 aliphatic heterocycles. The predicted molar refractivity (Wildman–Crippen MR) is 91.5 cm³/mol. The SMILES string of the molecule is COc1ccc(CS(=O)(=O)C[C@@](C)(O)c2ccccc2Cl)cc1. The first-order valence-electron chi connectivity index (χ1n) is 7.04. The normalized spacial score (nSPS) is 14.3. The zero-order valence-corrected chi connectivity index (χ0v) is 14.6. The molecule has 0 spiro atoms. The van der Waals surface area contributed by atoms with Gasteiger partial charge in [0.2, 0.25) is 0 Å². The summed E-state index contributed by atoms with van der Waals surface area (Å²) >= 11 is 6.06. The van der Waals surface area contributed by atoms with Crippen LogP contribution >= 0.6 is 11.6 Å². The standard InChI is InChI=1S/C17H19ClO4S/c1-17(19,15-5-3-4-6-16(15)18)12-23(20,21)11-13-7-9-14(22-2)10-8-13/h3-10,19H,11-12H2,1-2H3/t17-/m1/s1. The minimum Gasteiger partial charge on any atom is -0.497 e. The highest BCUT2D eigenvalue weighted by atomic mass is 35.5. The van der Waals surface area contributed by atoms with Crippen molar-refractivity contribution in [3.8, 4) is 5.75 Å². The van der Waals surface area contributed by atoms with Gasteiger partial charge in [0.25, 0.3) is 0 Å². The molecule has 0 radical (unpaired) electrons. The number of rotatable bonds is 6. The molecule has 0 fully saturated rings. The lowest BCUT2D eigenvalue weighted by Crippen LogP contribution is -2.32. The maximum absolute atomic E-state index is 12.4. The lowest BCUT2D eigenvalue weighted by atomic mass is 9.98. The molecule has 2 aromatic rings. The Morgan fingerprint density at radius 3 is 2.30 bits per heavy atom. The van der Waals surface area contributed by atoms with E-state index < -0.39 is 21.2 Å². The number of methoxy groups -OCH3 is 1. The Labute approximate surface area is 141 Å². The average Bonchev–Trinajstić information content (AvgIpc) is 2.46. The predicted octanol–water partition coefficient (Wildman–Crippen LogP) is 3.17. The molecule has 1 atom stereocenters. The van der Waals surface area contributed by atoms with E-state index in [0.29, 0.717) is 21.9 Å². The molecule has 6 heteroatoms. The minimum absolute atomic E-state index is 0.155. The molecule has 0 aliphatic carbocycles. The number of hydrogen-bond donors (Lipinski definition) is 1. The van der Waals surface area contributed by atoms with E-state index in [-0.39, 0.29) is 5.75 Å². The van der Waals surface area contributed by atoms with Gasteiger partial charge in [-0.15, -0.1) is 0 Å². The van der Waals surface area contributed by atoms with Gasteiger partial charge in [-0.1, -0.05) is 41.9 Å². The van der Waals surface area contributed by atoms with Crippen LogP contribution < -0.4 is 4.74 Å². The summed E-state index contributed by atoms with van der Waals surface area (Å²) in [5.41, 5.74) is -0.510. The average molecular weight is 355 g/mol. The second-order valence-electron chi connectivity index (χ2n) is 5.63. The second kappa shape index (κ2) is 6.91. The number of hydrogen-bond acceptors (Lipinski definition) is 4. The molecule has 124 valence electrons. The molecule has 0 saturated heterocycles. The van der Waals surface area contributed by atoms with Gasteiger partial charge in [0.05, 0.1) is 18.6 Å². The smallest absolute Gasteiger partial charge is 0.157 e. The van der Waals surface area contributed by atoms with Crippen LogP contribution in [-0.4, -0.2) is 26.4 Å². The van der Waals surface area contributed by atoms with Crippen molar-refractivity contribution >= 4 is 21.4 Å². The maximum Gasteiger partial charge on any atom is 0.157 e. The zero-order valence-electron chi connectivity index (χ0n) is 13.0. The third-order valence-corrected chi connectivity index (χ3v) is 5.61. The van der Waals surface area contributed by atoms with Gasteiger partial charge in [-0.2, -0.15) is 0 Å². The van der Waals surface area contributed by atoms with Crippen molar-refractivity contribution in [3.63, 3.8) is 0 Å². The van der Waals surface area contributed by atoms with Crippen LogP contribution in [0, 0.1) is 0 Å². The lowest BCUT2D eigenvalue weighted by Gasteiger charge is -2.24. The fourth-order valence-electron chi connectivity index (χ4n) is 2.43. The Morgan fingerprint density at radius 1 is 1.13 bits per heavy atom. The van der Waals surface area contributed by atoms with Crippen LogP contribution in [0.4, 0.5) is 0 Å². The van der Waals surface area contributed by atoms with Gasteiger partial charge in [0.1, 0.15) is 11.4 Å². The third kappa shape index (κ3) is 4.70. The van der Waals surface area contributed by atoms with Crippen LogP contribution in [0.1, 0.15) is 18.1 Å². The van der Waals surface area contributed by atoms with E-state index in [0.717, 1.165) is 0 Å². The van der Waals surface area contributed by atoms with E-state index in [1.165, 1.54) is 6.92 Å². The van der Waals surface area contributed by atoms with Crippen molar-refractivity contribution in [1.29, 1.82) is 0 Å². The summed E-state index contributed by atoms with van der Waals surface area (Å²) in [6.45, 7) is 1.46. The Bertz CT molecular complexity index is 767. The van der Waals surface area contributed by atoms with Crippen molar-refractivity contribution < 1.29 is 18.3 Å². The maximum atomic E-state index is 12.4. The summed E-state index contributed by atoms with van der Waals surface area (Å²) in [5.74, 6) is 0.0992. The summed E-state index contributed by atoms with van der Waals surface area (Å²) < 4.78 is 29.9. The molecular weight excluding hydrogens is 336 g/mol. The molecule has 0 saturated carbocycles. The van der Waals surface area contributed by atoms with Crippen molar-refractivity contribution in [1.82, 2.24) is 0 Å². The van der Waals surface area contributed by atoms with Gasteiger partial charge in [-0.3, -0.25) is 0 Å². The monoisotopic (exact) mass is 354 g/mol. The van der Waals surface area contributed by atoms with Gasteiger partial charge < -0.3 is 9.84 Å².